The number of aromatic nitrogens is 5. The number of H-pyrrole nitrogens is 1. The summed E-state index contributed by atoms with van der Waals surface area (Å²) in [7, 11) is 0. The lowest BCUT2D eigenvalue weighted by atomic mass is 10.2. The van der Waals surface area contributed by atoms with E-state index in [4.69, 9.17) is 0 Å². The van der Waals surface area contributed by atoms with E-state index in [0.717, 1.165) is 16.1 Å². The highest BCUT2D eigenvalue weighted by Crippen LogP contribution is 2.37. The summed E-state index contributed by atoms with van der Waals surface area (Å²) in [5, 5.41) is 27.7. The number of aromatic amines is 1. The molecule has 4 N–H and O–H groups in total. The van der Waals surface area contributed by atoms with Gasteiger partial charge in [-0.3, -0.25) is 14.8 Å². The van der Waals surface area contributed by atoms with E-state index >= 15 is 0 Å². The van der Waals surface area contributed by atoms with Crippen molar-refractivity contribution in [3.05, 3.63) is 54.4 Å². The number of carbonyl (C=O) groups is 1. The molecule has 1 amide bonds. The molecule has 4 aromatic rings. The summed E-state index contributed by atoms with van der Waals surface area (Å²) in [6.45, 7) is 0.664. The number of β-amino-alcohol motifs (C(OH)–C–C–N with tert-alkyl or cyclic N) is 1. The Labute approximate surface area is 243 Å². The molecule has 3 aromatic heterocycles. The van der Waals surface area contributed by atoms with Crippen LogP contribution in [0.2, 0.25) is 0 Å². The van der Waals surface area contributed by atoms with Crippen LogP contribution >= 0.6 is 11.8 Å². The van der Waals surface area contributed by atoms with Crippen molar-refractivity contribution in [1.29, 1.82) is 0 Å². The molecule has 1 saturated heterocycles. The number of halogens is 6. The minimum absolute atomic E-state index is 0.335. The number of aliphatic hydroxyl groups is 1. The molecule has 5 rings (SSSR count). The van der Waals surface area contributed by atoms with Gasteiger partial charge in [-0.15, -0.1) is 5.10 Å². The number of rotatable bonds is 9. The van der Waals surface area contributed by atoms with E-state index in [0.29, 0.717) is 22.5 Å². The summed E-state index contributed by atoms with van der Waals surface area (Å²) in [4.78, 5) is 19.1. The molecule has 0 unspecified atom stereocenters. The number of fused-ring (bicyclic) bond motifs is 1. The summed E-state index contributed by atoms with van der Waals surface area (Å²) in [6, 6.07) is 12.2. The average Bonchev–Trinajstić information content (AvgIpc) is 3.62. The molecule has 1 aliphatic heterocycles. The number of alkyl halides is 6. The number of aliphatic hydroxyl groups excluding tert-OH is 1. The quantitative estimate of drug-likeness (QED) is 0.202. The lowest BCUT2D eigenvalue weighted by molar-refractivity contribution is -0.333. The predicted octanol–water partition coefficient (Wildman–Crippen LogP) is 4.15. The summed E-state index contributed by atoms with van der Waals surface area (Å²) in [5.41, 5.74) is 2.02. The maximum Gasteiger partial charge on any atom is 0.423 e. The van der Waals surface area contributed by atoms with Crippen LogP contribution < -0.4 is 10.6 Å². The number of hydrogen-bond acceptors (Lipinski definition) is 9. The highest BCUT2D eigenvalue weighted by Gasteiger charge is 2.59. The number of ether oxygens (including phenoxy) is 1. The van der Waals surface area contributed by atoms with Crippen molar-refractivity contribution >= 4 is 40.5 Å². The van der Waals surface area contributed by atoms with Crippen molar-refractivity contribution in [3.63, 3.8) is 0 Å². The smallest absolute Gasteiger partial charge is 0.389 e. The largest absolute Gasteiger partial charge is 0.423 e. The fourth-order valence-electron chi connectivity index (χ4n) is 4.38. The van der Waals surface area contributed by atoms with Gasteiger partial charge in [0.05, 0.1) is 18.8 Å². The zero-order valence-electron chi connectivity index (χ0n) is 22.1. The predicted molar refractivity (Wildman–Crippen MR) is 142 cm³/mol. The van der Waals surface area contributed by atoms with E-state index in [1.54, 1.807) is 35.0 Å². The molecule has 4 heterocycles. The molecule has 0 spiro atoms. The molecule has 1 aromatic carbocycles. The molecule has 0 bridgehead atoms. The van der Waals surface area contributed by atoms with Crippen molar-refractivity contribution in [2.75, 3.05) is 30.3 Å². The number of nitrogens with one attached hydrogen (secondary N) is 3. The maximum absolute atomic E-state index is 12.8. The Bertz CT molecular complexity index is 1560. The van der Waals surface area contributed by atoms with Crippen LogP contribution in [0.15, 0.2) is 58.7 Å². The van der Waals surface area contributed by atoms with Gasteiger partial charge in [0.1, 0.15) is 5.52 Å². The zero-order valence-corrected chi connectivity index (χ0v) is 23.0. The number of carbonyl (C=O) groups excluding carboxylic acids is 1. The first kappa shape index (κ1) is 30.6. The fourth-order valence-corrected chi connectivity index (χ4v) is 5.13. The summed E-state index contributed by atoms with van der Waals surface area (Å²) < 4.78 is 82.8. The fraction of sp³-hybridized carbons (Fsp3) is 0.360. The molecule has 11 nitrogen and oxygen atoms in total. The minimum Gasteiger partial charge on any atom is -0.389 e. The van der Waals surface area contributed by atoms with Gasteiger partial charge in [0.15, 0.2) is 11.6 Å². The average molecular weight is 631 g/mol. The Hall–Kier alpha value is -3.87. The number of hydrogen-bond donors (Lipinski definition) is 4. The topological polar surface area (TPSA) is 133 Å². The Balaban J connectivity index is 1.17. The van der Waals surface area contributed by atoms with Crippen LogP contribution in [-0.4, -0.2) is 91.0 Å². The number of aryl methyl sites for hydroxylation is 1. The highest BCUT2D eigenvalue weighted by molar-refractivity contribution is 7.99. The zero-order chi connectivity index (χ0) is 30.9. The summed E-state index contributed by atoms with van der Waals surface area (Å²) in [5.74, 6) is 0.556. The van der Waals surface area contributed by atoms with Crippen LogP contribution in [-0.2, 0) is 9.53 Å². The van der Waals surface area contributed by atoms with Crippen LogP contribution in [0.4, 0.5) is 43.7 Å². The van der Waals surface area contributed by atoms with Crippen LogP contribution in [0, 0.1) is 6.92 Å². The second-order valence-electron chi connectivity index (χ2n) is 9.72. The monoisotopic (exact) mass is 630 g/mol. The molecule has 0 saturated carbocycles. The van der Waals surface area contributed by atoms with E-state index in [2.05, 4.69) is 35.7 Å². The Kier molecular flexibility index (Phi) is 8.55. The lowest BCUT2D eigenvalue weighted by Crippen LogP contribution is -2.48. The van der Waals surface area contributed by atoms with Gasteiger partial charge in [-0.2, -0.15) is 31.4 Å². The van der Waals surface area contributed by atoms with E-state index < -0.39 is 43.1 Å². The number of amides is 1. The normalized spacial score (nSPS) is 18.1. The second-order valence-corrected chi connectivity index (χ2v) is 10.8. The molecule has 18 heteroatoms. The van der Waals surface area contributed by atoms with Crippen molar-refractivity contribution in [1.82, 2.24) is 29.7 Å². The van der Waals surface area contributed by atoms with Crippen molar-refractivity contribution in [2.24, 2.45) is 0 Å². The molecule has 230 valence electrons. The van der Waals surface area contributed by atoms with Crippen LogP contribution in [0.1, 0.15) is 5.69 Å². The summed E-state index contributed by atoms with van der Waals surface area (Å²) >= 11 is 1.26. The minimum atomic E-state index is -5.70. The van der Waals surface area contributed by atoms with Gasteiger partial charge < -0.3 is 20.5 Å². The van der Waals surface area contributed by atoms with E-state index in [9.17, 15) is 36.2 Å². The Morgan fingerprint density at radius 2 is 1.88 bits per heavy atom. The first-order chi connectivity index (χ1) is 20.2. The molecule has 0 aliphatic carbocycles. The van der Waals surface area contributed by atoms with Crippen LogP contribution in [0.5, 0.6) is 0 Å². The van der Waals surface area contributed by atoms with Gasteiger partial charge in [-0.25, -0.2) is 9.50 Å². The molecule has 43 heavy (non-hydrogen) atoms. The van der Waals surface area contributed by atoms with E-state index in [1.807, 2.05) is 25.1 Å². The van der Waals surface area contributed by atoms with Crippen molar-refractivity contribution < 1.29 is 41.0 Å². The van der Waals surface area contributed by atoms with Gasteiger partial charge in [0, 0.05) is 41.6 Å². The molecule has 1 fully saturated rings. The van der Waals surface area contributed by atoms with Crippen LogP contribution in [0.3, 0.4) is 0 Å². The molecule has 1 aliphatic rings. The van der Waals surface area contributed by atoms with Crippen molar-refractivity contribution in [2.45, 2.75) is 47.6 Å². The number of anilines is 3. The van der Waals surface area contributed by atoms with Gasteiger partial charge in [-0.1, -0.05) is 0 Å². The SMILES string of the molecule is Cc1cc(Nc2nc(Sc3ccc(NC(=O)CN4C[C@@H](O)[C@H](OC(C(F)(F)F)C(F)(F)F)C4)cc3)nn3cccc23)n[nH]1. The third-order valence-electron chi connectivity index (χ3n) is 6.26. The third kappa shape index (κ3) is 7.56. The standard InChI is InChI=1S/C25H24F6N8O3S/c1-13-9-19(36-35-13)33-21-16-3-2-8-39(16)37-23(34-21)43-15-6-4-14(5-7-15)32-20(41)12-38-10-17(40)18(11-38)42-22(24(26,27)28)25(29,30)31/h2-9,17-18,22,40H,10-12H2,1H3,(H,32,41)(H2,33,34,35,36,37)/t17-,18-/m1/s1. The van der Waals surface area contributed by atoms with E-state index in [1.165, 1.54) is 16.7 Å². The van der Waals surface area contributed by atoms with Gasteiger partial charge in [0.2, 0.25) is 17.2 Å². The lowest BCUT2D eigenvalue weighted by Gasteiger charge is -2.27. The molecular formula is C25H24F6N8O3S. The second kappa shape index (κ2) is 12.0. The first-order valence-electron chi connectivity index (χ1n) is 12.7. The number of nitrogens with zero attached hydrogens (tertiary/aromatic N) is 5. The first-order valence-corrected chi connectivity index (χ1v) is 13.5. The molecule has 2 atom stereocenters. The highest BCUT2D eigenvalue weighted by atomic mass is 32.2. The van der Waals surface area contributed by atoms with Gasteiger partial charge >= 0.3 is 12.4 Å². The number of benzene rings is 1. The van der Waals surface area contributed by atoms with Crippen molar-refractivity contribution in [3.8, 4) is 0 Å². The van der Waals surface area contributed by atoms with E-state index in [-0.39, 0.29) is 13.1 Å². The maximum atomic E-state index is 12.8. The Morgan fingerprint density at radius 3 is 2.53 bits per heavy atom. The Morgan fingerprint density at radius 1 is 1.16 bits per heavy atom. The third-order valence-corrected chi connectivity index (χ3v) is 7.12. The number of likely N-dealkylation sites (tertiary alicyclic amines) is 1. The van der Waals surface area contributed by atoms with Gasteiger partial charge in [-0.05, 0) is 55.1 Å². The van der Waals surface area contributed by atoms with Gasteiger partial charge in [0.25, 0.3) is 0 Å². The summed E-state index contributed by atoms with van der Waals surface area (Å²) in [6.07, 6.45) is -17.1. The van der Waals surface area contributed by atoms with Crippen LogP contribution in [0.25, 0.3) is 5.52 Å². The molecular weight excluding hydrogens is 606 g/mol. The molecule has 0 radical (unpaired) electrons.